The third kappa shape index (κ3) is 7.56. The topological polar surface area (TPSA) is 143 Å². The summed E-state index contributed by atoms with van der Waals surface area (Å²) >= 11 is 0. The number of fused-ring (bicyclic) bond motifs is 3. The monoisotopic (exact) mass is 478 g/mol. The molecule has 10 nitrogen and oxygen atoms in total. The first-order valence-electron chi connectivity index (χ1n) is 12.1. The van der Waals surface area contributed by atoms with E-state index in [1.165, 1.54) is 0 Å². The van der Waals surface area contributed by atoms with Gasteiger partial charge in [0.15, 0.2) is 0 Å². The summed E-state index contributed by atoms with van der Waals surface area (Å²) in [5.41, 5.74) is 1.65. The van der Waals surface area contributed by atoms with Gasteiger partial charge in [-0.3, -0.25) is 9.59 Å². The second kappa shape index (κ2) is 13.5. The van der Waals surface area contributed by atoms with Gasteiger partial charge in [-0.15, -0.1) is 0 Å². The van der Waals surface area contributed by atoms with Gasteiger partial charge in [0.05, 0.1) is 39.0 Å². The largest absolute Gasteiger partial charge is 0.493 e. The molecule has 34 heavy (non-hydrogen) atoms. The van der Waals surface area contributed by atoms with Crippen molar-refractivity contribution in [1.82, 2.24) is 15.5 Å². The second-order valence-corrected chi connectivity index (χ2v) is 9.05. The molecule has 1 aromatic carbocycles. The lowest BCUT2D eigenvalue weighted by molar-refractivity contribution is -0.133. The number of aliphatic hydroxyl groups is 3. The van der Waals surface area contributed by atoms with Crippen LogP contribution in [0.15, 0.2) is 18.2 Å². The van der Waals surface area contributed by atoms with Crippen molar-refractivity contribution in [2.45, 2.75) is 38.3 Å². The maximum atomic E-state index is 12.9. The highest BCUT2D eigenvalue weighted by Gasteiger charge is 2.32. The number of hydrogen-bond donors (Lipinski definition) is 6. The fraction of sp³-hybridized carbons (Fsp3) is 0.667. The Labute approximate surface area is 200 Å². The summed E-state index contributed by atoms with van der Waals surface area (Å²) in [5, 5.41) is 36.7. The zero-order valence-corrected chi connectivity index (χ0v) is 19.7. The first-order chi connectivity index (χ1) is 16.5. The quantitative estimate of drug-likeness (QED) is 0.298. The lowest BCUT2D eigenvalue weighted by atomic mass is 9.80. The van der Waals surface area contributed by atoms with Crippen LogP contribution in [0.3, 0.4) is 0 Å². The van der Waals surface area contributed by atoms with Crippen molar-refractivity contribution in [2.24, 2.45) is 11.8 Å². The highest BCUT2D eigenvalue weighted by atomic mass is 16.5. The van der Waals surface area contributed by atoms with Gasteiger partial charge in [0, 0.05) is 43.9 Å². The predicted molar refractivity (Wildman–Crippen MR) is 127 cm³/mol. The second-order valence-electron chi connectivity index (χ2n) is 9.05. The molecule has 1 fully saturated rings. The number of piperidine rings is 1. The van der Waals surface area contributed by atoms with Crippen LogP contribution in [0.5, 0.6) is 5.75 Å². The molecule has 0 spiro atoms. The maximum Gasteiger partial charge on any atom is 0.236 e. The molecule has 190 valence electrons. The summed E-state index contributed by atoms with van der Waals surface area (Å²) in [6.07, 6.45) is 2.87. The molecule has 2 amide bonds. The van der Waals surface area contributed by atoms with Crippen molar-refractivity contribution >= 4 is 17.5 Å². The molecule has 2 aliphatic heterocycles. The van der Waals surface area contributed by atoms with E-state index in [-0.39, 0.29) is 56.6 Å². The molecule has 6 N–H and O–H groups in total. The smallest absolute Gasteiger partial charge is 0.236 e. The number of hydrogen-bond acceptors (Lipinski definition) is 8. The van der Waals surface area contributed by atoms with E-state index in [0.29, 0.717) is 32.7 Å². The van der Waals surface area contributed by atoms with E-state index in [1.54, 1.807) is 0 Å². The number of aliphatic hydroxyl groups excluding tert-OH is 3. The number of carbonyl (C=O) groups excluding carboxylic acids is 2. The molecule has 0 unspecified atom stereocenters. The summed E-state index contributed by atoms with van der Waals surface area (Å²) in [6, 6.07) is 5.17. The van der Waals surface area contributed by atoms with Crippen LogP contribution in [0.25, 0.3) is 0 Å². The number of rotatable bonds is 8. The van der Waals surface area contributed by atoms with Crippen LogP contribution < -0.4 is 20.7 Å². The van der Waals surface area contributed by atoms with E-state index in [9.17, 15) is 19.8 Å². The average Bonchev–Trinajstić information content (AvgIpc) is 2.85. The molecule has 3 rings (SSSR count). The number of nitrogens with zero attached hydrogens (tertiary/aromatic N) is 1. The van der Waals surface area contributed by atoms with Gasteiger partial charge in [0.1, 0.15) is 5.75 Å². The van der Waals surface area contributed by atoms with E-state index in [2.05, 4.69) is 16.0 Å². The zero-order valence-electron chi connectivity index (χ0n) is 19.7. The van der Waals surface area contributed by atoms with Crippen LogP contribution in [0, 0.1) is 11.8 Å². The number of ether oxygens (including phenoxy) is 1. The van der Waals surface area contributed by atoms with Crippen molar-refractivity contribution in [1.29, 1.82) is 0 Å². The summed E-state index contributed by atoms with van der Waals surface area (Å²) < 4.78 is 6.08. The normalized spacial score (nSPS) is 21.5. The van der Waals surface area contributed by atoms with Gasteiger partial charge in [-0.05, 0) is 49.3 Å². The van der Waals surface area contributed by atoms with Crippen LogP contribution in [0.2, 0.25) is 0 Å². The molecular weight excluding hydrogens is 440 g/mol. The van der Waals surface area contributed by atoms with E-state index >= 15 is 0 Å². The zero-order chi connectivity index (χ0) is 24.3. The van der Waals surface area contributed by atoms with Crippen LogP contribution in [0.4, 0.5) is 5.69 Å². The fourth-order valence-corrected chi connectivity index (χ4v) is 4.69. The number of benzene rings is 1. The third-order valence-electron chi connectivity index (χ3n) is 6.57. The SMILES string of the molecule is O=C(C[C@@H]1CCN2C[C@@H]1CCCOc1ccc(NC(CO)CO)cc1CNCC2=O)NCCO. The summed E-state index contributed by atoms with van der Waals surface area (Å²) in [4.78, 5) is 27.0. The van der Waals surface area contributed by atoms with Gasteiger partial charge in [0.25, 0.3) is 0 Å². The number of anilines is 1. The summed E-state index contributed by atoms with van der Waals surface area (Å²) in [7, 11) is 0. The van der Waals surface area contributed by atoms with Crippen LogP contribution in [0.1, 0.15) is 31.2 Å². The first kappa shape index (κ1) is 26.2. The number of nitrogens with one attached hydrogen (secondary N) is 3. The molecule has 2 atom stereocenters. The van der Waals surface area contributed by atoms with Crippen LogP contribution in [-0.2, 0) is 16.1 Å². The Morgan fingerprint density at radius 2 is 2.03 bits per heavy atom. The maximum absolute atomic E-state index is 12.9. The highest BCUT2D eigenvalue weighted by Crippen LogP contribution is 2.31. The molecule has 0 radical (unpaired) electrons. The molecule has 0 aliphatic carbocycles. The molecule has 2 heterocycles. The summed E-state index contributed by atoms with van der Waals surface area (Å²) in [5.74, 6) is 1.15. The molecular formula is C24H38N4O6. The number of amides is 2. The van der Waals surface area contributed by atoms with E-state index in [4.69, 9.17) is 9.84 Å². The van der Waals surface area contributed by atoms with Gasteiger partial charge in [-0.1, -0.05) is 0 Å². The molecule has 1 aromatic rings. The molecule has 2 aliphatic rings. The Kier molecular flexibility index (Phi) is 10.4. The van der Waals surface area contributed by atoms with Crippen molar-refractivity contribution in [3.05, 3.63) is 23.8 Å². The van der Waals surface area contributed by atoms with Crippen LogP contribution >= 0.6 is 0 Å². The standard InChI is InChI=1S/C24H38N4O6/c29-8-6-26-23(32)11-17-5-7-28-14-18(17)2-1-9-34-22-4-3-20(27-21(15-30)16-31)10-19(22)12-25-13-24(28)33/h3-4,10,17-18,21,25,27,29-31H,1-2,5-9,11-16H2,(H,26,32)/t17-,18-/m0/s1. The van der Waals surface area contributed by atoms with Crippen molar-refractivity contribution in [3.63, 3.8) is 0 Å². The molecule has 2 bridgehead atoms. The Morgan fingerprint density at radius 1 is 1.21 bits per heavy atom. The lowest BCUT2D eigenvalue weighted by Gasteiger charge is -2.38. The Balaban J connectivity index is 1.68. The number of carbonyl (C=O) groups is 2. The molecule has 0 aromatic heterocycles. The molecule has 10 heteroatoms. The third-order valence-corrected chi connectivity index (χ3v) is 6.57. The van der Waals surface area contributed by atoms with Crippen molar-refractivity contribution in [3.8, 4) is 5.75 Å². The van der Waals surface area contributed by atoms with Crippen molar-refractivity contribution < 1.29 is 29.6 Å². The fourth-order valence-electron chi connectivity index (χ4n) is 4.69. The van der Waals surface area contributed by atoms with Crippen molar-refractivity contribution in [2.75, 3.05) is 57.9 Å². The van der Waals surface area contributed by atoms with Gasteiger partial charge < -0.3 is 40.9 Å². The predicted octanol–water partition coefficient (Wildman–Crippen LogP) is -0.323. The van der Waals surface area contributed by atoms with Gasteiger partial charge >= 0.3 is 0 Å². The first-order valence-corrected chi connectivity index (χ1v) is 12.1. The Bertz CT molecular complexity index is 804. The van der Waals surface area contributed by atoms with Crippen LogP contribution in [-0.4, -0.2) is 90.7 Å². The molecule has 0 saturated carbocycles. The molecule has 1 saturated heterocycles. The lowest BCUT2D eigenvalue weighted by Crippen LogP contribution is -2.47. The highest BCUT2D eigenvalue weighted by molar-refractivity contribution is 5.78. The van der Waals surface area contributed by atoms with E-state index in [0.717, 1.165) is 36.3 Å². The van der Waals surface area contributed by atoms with E-state index in [1.807, 2.05) is 23.1 Å². The summed E-state index contributed by atoms with van der Waals surface area (Å²) in [6.45, 7) is 2.29. The Morgan fingerprint density at radius 3 is 2.79 bits per heavy atom. The average molecular weight is 479 g/mol. The Hall–Kier alpha value is -2.40. The minimum atomic E-state index is -0.450. The van der Waals surface area contributed by atoms with E-state index < -0.39 is 6.04 Å². The van der Waals surface area contributed by atoms with Gasteiger partial charge in [-0.2, -0.15) is 0 Å². The minimum absolute atomic E-state index is 0.0461. The van der Waals surface area contributed by atoms with Gasteiger partial charge in [0.2, 0.25) is 11.8 Å². The van der Waals surface area contributed by atoms with Gasteiger partial charge in [-0.25, -0.2) is 0 Å². The minimum Gasteiger partial charge on any atom is -0.493 e.